The fourth-order valence-electron chi connectivity index (χ4n) is 2.18. The largest absolute Gasteiger partial charge is 0.480 e. The predicted octanol–water partition coefficient (Wildman–Crippen LogP) is 0.0754. The Bertz CT molecular complexity index is 579. The molecule has 1 rings (SSSR count). The summed E-state index contributed by atoms with van der Waals surface area (Å²) in [7, 11) is 0. The second-order valence-electron chi connectivity index (χ2n) is 5.18. The van der Waals surface area contributed by atoms with Crippen molar-refractivity contribution in [2.45, 2.75) is 31.8 Å². The van der Waals surface area contributed by atoms with Gasteiger partial charge in [0.1, 0.15) is 18.4 Å². The summed E-state index contributed by atoms with van der Waals surface area (Å²) in [6.07, 6.45) is 2.87. The molecule has 11 heteroatoms. The van der Waals surface area contributed by atoms with Gasteiger partial charge >= 0.3 is 11.9 Å². The minimum atomic E-state index is -1.23. The Kier molecular flexibility index (Phi) is 7.75. The number of alkyl halides is 1. The number of carbonyl (C=O) groups is 2. The van der Waals surface area contributed by atoms with Crippen LogP contribution in [0.2, 0.25) is 0 Å². The van der Waals surface area contributed by atoms with Crippen molar-refractivity contribution in [3.63, 3.8) is 0 Å². The molecule has 0 aliphatic carbocycles. The first-order valence-corrected chi connectivity index (χ1v) is 7.34. The highest BCUT2D eigenvalue weighted by Gasteiger charge is 2.24. The number of rotatable bonds is 11. The molecule has 1 heterocycles. The normalized spacial score (nSPS) is 13.2. The maximum Gasteiger partial charge on any atom is 0.434 e. The molecule has 1 aromatic heterocycles. The number of imidazole rings is 1. The number of nitrogens with two attached hydrogens (primary N) is 1. The molecular weight excluding hydrogens is 325 g/mol. The number of aliphatic carboxylic acids is 1. The van der Waals surface area contributed by atoms with Gasteiger partial charge < -0.3 is 26.3 Å². The van der Waals surface area contributed by atoms with E-state index in [1.807, 2.05) is 0 Å². The Morgan fingerprint density at radius 3 is 2.83 bits per heavy atom. The standard InChI is InChI=1S/C13H20FN5O5/c14-3-1-2-9(8-10(15)12(21)22)11(20)16-4-6-18-7-5-17-13(18)19(23)24/h5,7,9-10H,1-4,6,8,15H2,(H,16,20)(H,21,22). The molecule has 2 atom stereocenters. The third kappa shape index (κ3) is 5.91. The van der Waals surface area contributed by atoms with E-state index in [-0.39, 0.29) is 38.3 Å². The van der Waals surface area contributed by atoms with Crippen molar-refractivity contribution in [1.29, 1.82) is 0 Å². The number of carboxylic acid groups (broad SMARTS) is 1. The number of hydrogen-bond donors (Lipinski definition) is 3. The Morgan fingerprint density at radius 1 is 1.54 bits per heavy atom. The lowest BCUT2D eigenvalue weighted by atomic mass is 9.94. The van der Waals surface area contributed by atoms with Gasteiger partial charge in [0.05, 0.1) is 13.2 Å². The second-order valence-corrected chi connectivity index (χ2v) is 5.18. The Balaban J connectivity index is 2.55. The van der Waals surface area contributed by atoms with Crippen LogP contribution in [0.3, 0.4) is 0 Å². The summed E-state index contributed by atoms with van der Waals surface area (Å²) in [5, 5.41) is 22.1. The number of halogens is 1. The zero-order chi connectivity index (χ0) is 18.1. The van der Waals surface area contributed by atoms with Crippen molar-refractivity contribution < 1.29 is 24.0 Å². The van der Waals surface area contributed by atoms with Crippen LogP contribution in [-0.2, 0) is 16.1 Å². The van der Waals surface area contributed by atoms with Crippen molar-refractivity contribution in [3.8, 4) is 0 Å². The molecular formula is C13H20FN5O5. The minimum Gasteiger partial charge on any atom is -0.480 e. The molecule has 0 aromatic carbocycles. The summed E-state index contributed by atoms with van der Waals surface area (Å²) in [4.78, 5) is 36.6. The van der Waals surface area contributed by atoms with E-state index in [1.54, 1.807) is 0 Å². The first kappa shape index (κ1) is 19.5. The SMILES string of the molecule is NC(CC(CCCF)C(=O)NCCn1ccnc1[N+](=O)[O-])C(=O)O. The Hall–Kier alpha value is -2.56. The lowest BCUT2D eigenvalue weighted by Crippen LogP contribution is -2.39. The van der Waals surface area contributed by atoms with Crippen LogP contribution in [-0.4, -0.2) is 50.7 Å². The van der Waals surface area contributed by atoms with Gasteiger partial charge in [-0.1, -0.05) is 4.98 Å². The van der Waals surface area contributed by atoms with Crippen molar-refractivity contribution in [2.75, 3.05) is 13.2 Å². The van der Waals surface area contributed by atoms with E-state index in [2.05, 4.69) is 10.3 Å². The summed E-state index contributed by atoms with van der Waals surface area (Å²) in [5.74, 6) is -2.76. The molecule has 0 fully saturated rings. The van der Waals surface area contributed by atoms with Crippen LogP contribution < -0.4 is 11.1 Å². The van der Waals surface area contributed by atoms with Gasteiger partial charge in [0.15, 0.2) is 0 Å². The number of hydrogen-bond acceptors (Lipinski definition) is 6. The molecule has 0 saturated carbocycles. The average molecular weight is 345 g/mol. The molecule has 134 valence electrons. The minimum absolute atomic E-state index is 0.0878. The second kappa shape index (κ2) is 9.55. The van der Waals surface area contributed by atoms with E-state index < -0.39 is 35.4 Å². The number of nitro groups is 1. The van der Waals surface area contributed by atoms with E-state index in [9.17, 15) is 24.1 Å². The summed E-state index contributed by atoms with van der Waals surface area (Å²) in [6.45, 7) is -0.402. The van der Waals surface area contributed by atoms with Crippen molar-refractivity contribution in [2.24, 2.45) is 11.7 Å². The molecule has 1 amide bonds. The summed E-state index contributed by atoms with van der Waals surface area (Å²) >= 11 is 0. The molecule has 4 N–H and O–H groups in total. The van der Waals surface area contributed by atoms with Crippen LogP contribution in [0.15, 0.2) is 12.4 Å². The fraction of sp³-hybridized carbons (Fsp3) is 0.615. The van der Waals surface area contributed by atoms with Crippen LogP contribution in [0.4, 0.5) is 10.3 Å². The van der Waals surface area contributed by atoms with E-state index >= 15 is 0 Å². The van der Waals surface area contributed by atoms with Gasteiger partial charge in [-0.2, -0.15) is 0 Å². The zero-order valence-electron chi connectivity index (χ0n) is 12.9. The topological polar surface area (TPSA) is 153 Å². The van der Waals surface area contributed by atoms with Crippen LogP contribution in [0, 0.1) is 16.0 Å². The Labute approximate surface area is 137 Å². The van der Waals surface area contributed by atoms with E-state index in [0.717, 1.165) is 0 Å². The van der Waals surface area contributed by atoms with Crippen molar-refractivity contribution in [1.82, 2.24) is 14.9 Å². The van der Waals surface area contributed by atoms with Gasteiger partial charge in [-0.3, -0.25) is 14.0 Å². The average Bonchev–Trinajstić information content (AvgIpc) is 2.99. The number of carboxylic acids is 1. The first-order chi connectivity index (χ1) is 11.4. The van der Waals surface area contributed by atoms with E-state index in [0.29, 0.717) is 0 Å². The number of carbonyl (C=O) groups excluding carboxylic acids is 1. The maximum absolute atomic E-state index is 12.3. The fourth-order valence-corrected chi connectivity index (χ4v) is 2.18. The molecule has 0 aliphatic heterocycles. The molecule has 0 radical (unpaired) electrons. The highest BCUT2D eigenvalue weighted by Crippen LogP contribution is 2.14. The van der Waals surface area contributed by atoms with Crippen molar-refractivity contribution in [3.05, 3.63) is 22.5 Å². The number of amides is 1. The van der Waals surface area contributed by atoms with Gasteiger partial charge in [0, 0.05) is 12.5 Å². The van der Waals surface area contributed by atoms with Gasteiger partial charge in [-0.05, 0) is 24.2 Å². The molecule has 1 aromatic rings. The van der Waals surface area contributed by atoms with Gasteiger partial charge in [0.25, 0.3) is 0 Å². The molecule has 0 spiro atoms. The first-order valence-electron chi connectivity index (χ1n) is 7.34. The van der Waals surface area contributed by atoms with Crippen LogP contribution >= 0.6 is 0 Å². The molecule has 2 unspecified atom stereocenters. The summed E-state index contributed by atoms with van der Waals surface area (Å²) in [5.41, 5.74) is 5.43. The maximum atomic E-state index is 12.3. The molecule has 10 nitrogen and oxygen atoms in total. The highest BCUT2D eigenvalue weighted by atomic mass is 19.1. The third-order valence-electron chi connectivity index (χ3n) is 3.42. The van der Waals surface area contributed by atoms with E-state index in [4.69, 9.17) is 10.8 Å². The number of aromatic nitrogens is 2. The lowest BCUT2D eigenvalue weighted by Gasteiger charge is -2.18. The van der Waals surface area contributed by atoms with Crippen LogP contribution in [0.5, 0.6) is 0 Å². The van der Waals surface area contributed by atoms with Crippen LogP contribution in [0.1, 0.15) is 19.3 Å². The molecule has 24 heavy (non-hydrogen) atoms. The monoisotopic (exact) mass is 345 g/mol. The summed E-state index contributed by atoms with van der Waals surface area (Å²) in [6, 6.07) is -1.21. The van der Waals surface area contributed by atoms with Crippen LogP contribution in [0.25, 0.3) is 0 Å². The molecule has 0 saturated heterocycles. The summed E-state index contributed by atoms with van der Waals surface area (Å²) < 4.78 is 13.6. The Morgan fingerprint density at radius 2 is 2.25 bits per heavy atom. The van der Waals surface area contributed by atoms with Gasteiger partial charge in [0.2, 0.25) is 5.91 Å². The van der Waals surface area contributed by atoms with E-state index in [1.165, 1.54) is 17.0 Å². The van der Waals surface area contributed by atoms with Gasteiger partial charge in [-0.15, -0.1) is 0 Å². The smallest absolute Gasteiger partial charge is 0.434 e. The quantitative estimate of drug-likeness (QED) is 0.379. The van der Waals surface area contributed by atoms with Crippen molar-refractivity contribution >= 4 is 17.8 Å². The molecule has 0 aliphatic rings. The predicted molar refractivity (Wildman–Crippen MR) is 80.8 cm³/mol. The third-order valence-corrected chi connectivity index (χ3v) is 3.42. The number of nitrogens with zero attached hydrogens (tertiary/aromatic N) is 3. The highest BCUT2D eigenvalue weighted by molar-refractivity contribution is 5.80. The zero-order valence-corrected chi connectivity index (χ0v) is 12.9. The van der Waals surface area contributed by atoms with Gasteiger partial charge in [-0.25, -0.2) is 4.57 Å². The molecule has 0 bridgehead atoms. The lowest BCUT2D eigenvalue weighted by molar-refractivity contribution is -0.396. The number of nitrogens with one attached hydrogen (secondary N) is 1.